The van der Waals surface area contributed by atoms with Gasteiger partial charge in [0.15, 0.2) is 0 Å². The van der Waals surface area contributed by atoms with Crippen LogP contribution in [0.5, 0.6) is 0 Å². The smallest absolute Gasteiger partial charge is 0.310 e. The number of hydrogen-bond acceptors (Lipinski definition) is 3. The second-order valence-corrected chi connectivity index (χ2v) is 4.89. The molecule has 1 atom stereocenters. The highest BCUT2D eigenvalue weighted by molar-refractivity contribution is 5.72. The Morgan fingerprint density at radius 1 is 1.24 bits per heavy atom. The first-order chi connectivity index (χ1) is 10.2. The Kier molecular flexibility index (Phi) is 12.8. The molecule has 4 nitrogen and oxygen atoms in total. The number of hydrogen-bond donors (Lipinski definition) is 1. The molecule has 0 radical (unpaired) electrons. The summed E-state index contributed by atoms with van der Waals surface area (Å²) in [6, 6.07) is 0. The van der Waals surface area contributed by atoms with Gasteiger partial charge >= 0.3 is 5.97 Å². The SMILES string of the molecule is CCCC/C=C/C(CCCCC#CC(OC)OC)C(=O)O. The summed E-state index contributed by atoms with van der Waals surface area (Å²) in [6.45, 7) is 2.13. The van der Waals surface area contributed by atoms with Gasteiger partial charge in [0.05, 0.1) is 5.92 Å². The van der Waals surface area contributed by atoms with Crippen LogP contribution in [-0.2, 0) is 14.3 Å². The van der Waals surface area contributed by atoms with Crippen LogP contribution in [0.15, 0.2) is 12.2 Å². The third kappa shape index (κ3) is 11.1. The number of unbranched alkanes of at least 4 members (excludes halogenated alkanes) is 4. The molecule has 0 aromatic heterocycles. The Morgan fingerprint density at radius 3 is 2.52 bits per heavy atom. The van der Waals surface area contributed by atoms with Gasteiger partial charge in [-0.2, -0.15) is 0 Å². The molecule has 1 N–H and O–H groups in total. The molecule has 0 aromatic rings. The number of rotatable bonds is 11. The van der Waals surface area contributed by atoms with Crippen molar-refractivity contribution in [1.82, 2.24) is 0 Å². The third-order valence-corrected chi connectivity index (χ3v) is 3.12. The molecular formula is C17H28O4. The standard InChI is InChI=1S/C17H28O4/c1-4-5-6-9-12-15(17(18)19)13-10-7-8-11-14-16(20-2)21-3/h9,12,15-16H,4-8,10,13H2,1-3H3,(H,18,19)/b12-9+. The van der Waals surface area contributed by atoms with E-state index in [-0.39, 0.29) is 5.92 Å². The van der Waals surface area contributed by atoms with Crippen LogP contribution in [-0.4, -0.2) is 31.6 Å². The van der Waals surface area contributed by atoms with E-state index in [9.17, 15) is 4.79 Å². The number of carboxylic acid groups (broad SMARTS) is 1. The maximum absolute atomic E-state index is 11.1. The number of allylic oxidation sites excluding steroid dienone is 1. The van der Waals surface area contributed by atoms with Crippen molar-refractivity contribution in [3.05, 3.63) is 12.2 Å². The molecule has 0 spiro atoms. The minimum Gasteiger partial charge on any atom is -0.481 e. The van der Waals surface area contributed by atoms with Gasteiger partial charge in [-0.25, -0.2) is 0 Å². The molecule has 0 amide bonds. The molecule has 0 rings (SSSR count). The molecule has 0 aliphatic carbocycles. The highest BCUT2D eigenvalue weighted by Gasteiger charge is 2.12. The van der Waals surface area contributed by atoms with E-state index in [0.717, 1.165) is 38.5 Å². The average molecular weight is 296 g/mol. The summed E-state index contributed by atoms with van der Waals surface area (Å²) in [4.78, 5) is 11.1. The highest BCUT2D eigenvalue weighted by Crippen LogP contribution is 2.12. The van der Waals surface area contributed by atoms with Gasteiger partial charge in [-0.05, 0) is 25.2 Å². The van der Waals surface area contributed by atoms with E-state index in [1.165, 1.54) is 0 Å². The van der Waals surface area contributed by atoms with Crippen molar-refractivity contribution in [1.29, 1.82) is 0 Å². The van der Waals surface area contributed by atoms with E-state index < -0.39 is 12.3 Å². The lowest BCUT2D eigenvalue weighted by Crippen LogP contribution is -2.10. The van der Waals surface area contributed by atoms with Crippen LogP contribution in [0.1, 0.15) is 51.9 Å². The van der Waals surface area contributed by atoms with Crippen molar-refractivity contribution >= 4 is 5.97 Å². The molecular weight excluding hydrogens is 268 g/mol. The van der Waals surface area contributed by atoms with Crippen molar-refractivity contribution in [3.8, 4) is 11.8 Å². The fourth-order valence-corrected chi connectivity index (χ4v) is 1.83. The van der Waals surface area contributed by atoms with Crippen LogP contribution in [0.4, 0.5) is 0 Å². The van der Waals surface area contributed by atoms with E-state index >= 15 is 0 Å². The number of carboxylic acids is 1. The van der Waals surface area contributed by atoms with Crippen LogP contribution in [0.25, 0.3) is 0 Å². The predicted molar refractivity (Wildman–Crippen MR) is 83.8 cm³/mol. The zero-order valence-electron chi connectivity index (χ0n) is 13.4. The van der Waals surface area contributed by atoms with Gasteiger partial charge < -0.3 is 14.6 Å². The maximum atomic E-state index is 11.1. The van der Waals surface area contributed by atoms with E-state index in [2.05, 4.69) is 18.8 Å². The zero-order valence-corrected chi connectivity index (χ0v) is 13.4. The number of aliphatic carboxylic acids is 1. The lowest BCUT2D eigenvalue weighted by Gasteiger charge is -2.06. The molecule has 0 aliphatic heterocycles. The topological polar surface area (TPSA) is 55.8 Å². The second-order valence-electron chi connectivity index (χ2n) is 4.89. The summed E-state index contributed by atoms with van der Waals surface area (Å²) < 4.78 is 9.91. The summed E-state index contributed by atoms with van der Waals surface area (Å²) in [5.74, 6) is 4.72. The fourth-order valence-electron chi connectivity index (χ4n) is 1.83. The third-order valence-electron chi connectivity index (χ3n) is 3.12. The summed E-state index contributed by atoms with van der Waals surface area (Å²) >= 11 is 0. The summed E-state index contributed by atoms with van der Waals surface area (Å²) in [6.07, 6.45) is 9.68. The first-order valence-corrected chi connectivity index (χ1v) is 7.59. The first kappa shape index (κ1) is 19.7. The van der Waals surface area contributed by atoms with Gasteiger partial charge in [0, 0.05) is 20.6 Å². The lowest BCUT2D eigenvalue weighted by molar-refractivity contribution is -0.140. The molecule has 120 valence electrons. The largest absolute Gasteiger partial charge is 0.481 e. The Bertz CT molecular complexity index is 348. The van der Waals surface area contributed by atoms with Crippen molar-refractivity contribution in [2.24, 2.45) is 5.92 Å². The van der Waals surface area contributed by atoms with E-state index in [1.54, 1.807) is 14.2 Å². The molecule has 1 unspecified atom stereocenters. The first-order valence-electron chi connectivity index (χ1n) is 7.59. The minimum atomic E-state index is -0.743. The molecule has 21 heavy (non-hydrogen) atoms. The molecule has 0 bridgehead atoms. The Labute approximate surface area is 128 Å². The molecule has 0 aliphatic rings. The molecule has 0 fully saturated rings. The van der Waals surface area contributed by atoms with Gasteiger partial charge in [0.25, 0.3) is 0 Å². The molecule has 0 aromatic carbocycles. The monoisotopic (exact) mass is 296 g/mol. The van der Waals surface area contributed by atoms with Crippen LogP contribution in [0, 0.1) is 17.8 Å². The molecule has 0 heterocycles. The predicted octanol–water partition coefficient (Wildman–Crippen LogP) is 3.62. The minimum absolute atomic E-state index is 0.375. The molecule has 0 saturated heterocycles. The number of carbonyl (C=O) groups is 1. The van der Waals surface area contributed by atoms with E-state index in [1.807, 2.05) is 12.2 Å². The van der Waals surface area contributed by atoms with E-state index in [4.69, 9.17) is 14.6 Å². The maximum Gasteiger partial charge on any atom is 0.310 e. The van der Waals surface area contributed by atoms with Crippen LogP contribution >= 0.6 is 0 Å². The van der Waals surface area contributed by atoms with Crippen LogP contribution < -0.4 is 0 Å². The Balaban J connectivity index is 3.94. The normalized spacial score (nSPS) is 12.4. The Hall–Kier alpha value is -1.31. The van der Waals surface area contributed by atoms with Gasteiger partial charge in [-0.15, -0.1) is 0 Å². The van der Waals surface area contributed by atoms with Gasteiger partial charge in [-0.1, -0.05) is 44.3 Å². The van der Waals surface area contributed by atoms with E-state index in [0.29, 0.717) is 6.42 Å². The number of ether oxygens (including phenoxy) is 2. The molecule has 4 heteroatoms. The number of methoxy groups -OCH3 is 2. The van der Waals surface area contributed by atoms with Crippen molar-refractivity contribution in [2.45, 2.75) is 58.2 Å². The van der Waals surface area contributed by atoms with Crippen molar-refractivity contribution in [2.75, 3.05) is 14.2 Å². The van der Waals surface area contributed by atoms with Crippen molar-refractivity contribution in [3.63, 3.8) is 0 Å². The average Bonchev–Trinajstić information content (AvgIpc) is 2.48. The van der Waals surface area contributed by atoms with Crippen molar-refractivity contribution < 1.29 is 19.4 Å². The lowest BCUT2D eigenvalue weighted by atomic mass is 10.00. The fraction of sp³-hybridized carbons (Fsp3) is 0.706. The Morgan fingerprint density at radius 2 is 1.95 bits per heavy atom. The van der Waals surface area contributed by atoms with Gasteiger partial charge in [0.2, 0.25) is 6.29 Å². The summed E-state index contributed by atoms with van der Waals surface area (Å²) in [7, 11) is 3.09. The zero-order chi connectivity index (χ0) is 15.9. The van der Waals surface area contributed by atoms with Gasteiger partial charge in [0.1, 0.15) is 0 Å². The quantitative estimate of drug-likeness (QED) is 0.274. The summed E-state index contributed by atoms with van der Waals surface area (Å²) in [5, 5.41) is 9.16. The highest BCUT2D eigenvalue weighted by atomic mass is 16.7. The second kappa shape index (κ2) is 13.7. The van der Waals surface area contributed by atoms with Gasteiger partial charge in [-0.3, -0.25) is 4.79 Å². The summed E-state index contributed by atoms with van der Waals surface area (Å²) in [5.41, 5.74) is 0. The molecule has 0 saturated carbocycles. The van der Waals surface area contributed by atoms with Crippen LogP contribution in [0.3, 0.4) is 0 Å². The van der Waals surface area contributed by atoms with Crippen LogP contribution in [0.2, 0.25) is 0 Å².